The second-order valence-electron chi connectivity index (χ2n) is 5.55. The van der Waals surface area contributed by atoms with Gasteiger partial charge in [-0.25, -0.2) is 4.98 Å². The molecule has 20 heavy (non-hydrogen) atoms. The summed E-state index contributed by atoms with van der Waals surface area (Å²) in [6.45, 7) is 4.89. The van der Waals surface area contributed by atoms with Gasteiger partial charge in [-0.1, -0.05) is 13.3 Å². The zero-order chi connectivity index (χ0) is 14.8. The maximum atomic E-state index is 11.7. The number of aromatic amines is 1. The Bertz CT molecular complexity index is 551. The maximum absolute atomic E-state index is 11.7. The molecule has 1 saturated heterocycles. The highest BCUT2D eigenvalue weighted by atomic mass is 16.4. The number of hydrogen-bond acceptors (Lipinski definition) is 4. The molecule has 1 fully saturated rings. The highest BCUT2D eigenvalue weighted by Crippen LogP contribution is 2.36. The lowest BCUT2D eigenvalue weighted by Crippen LogP contribution is -2.48. The molecule has 2 N–H and O–H groups in total. The van der Waals surface area contributed by atoms with Gasteiger partial charge in [0, 0.05) is 19.2 Å². The van der Waals surface area contributed by atoms with Crippen LogP contribution in [0.25, 0.3) is 0 Å². The van der Waals surface area contributed by atoms with Gasteiger partial charge >= 0.3 is 5.97 Å². The van der Waals surface area contributed by atoms with E-state index in [2.05, 4.69) is 9.97 Å². The number of aryl methyl sites for hydroxylation is 1. The molecule has 1 aromatic heterocycles. The van der Waals surface area contributed by atoms with Crippen molar-refractivity contribution >= 4 is 11.8 Å². The molecule has 0 aromatic carbocycles. The van der Waals surface area contributed by atoms with Gasteiger partial charge < -0.3 is 15.0 Å². The predicted molar refractivity (Wildman–Crippen MR) is 76.0 cm³/mol. The topological polar surface area (TPSA) is 86.3 Å². The molecule has 0 spiro atoms. The van der Waals surface area contributed by atoms with E-state index in [0.29, 0.717) is 31.0 Å². The van der Waals surface area contributed by atoms with Crippen molar-refractivity contribution in [1.82, 2.24) is 9.97 Å². The van der Waals surface area contributed by atoms with E-state index in [-0.39, 0.29) is 5.56 Å². The molecule has 1 unspecified atom stereocenters. The fourth-order valence-electron chi connectivity index (χ4n) is 3.02. The van der Waals surface area contributed by atoms with Crippen LogP contribution in [0.4, 0.5) is 5.82 Å². The van der Waals surface area contributed by atoms with Crippen LogP contribution in [0.5, 0.6) is 0 Å². The number of aromatic nitrogens is 2. The van der Waals surface area contributed by atoms with Gasteiger partial charge in [0.25, 0.3) is 5.56 Å². The summed E-state index contributed by atoms with van der Waals surface area (Å²) < 4.78 is 0. The Balaban J connectivity index is 2.29. The van der Waals surface area contributed by atoms with Crippen molar-refractivity contribution in [2.24, 2.45) is 5.41 Å². The van der Waals surface area contributed by atoms with Crippen LogP contribution in [0.1, 0.15) is 38.4 Å². The number of aliphatic carboxylic acids is 1. The van der Waals surface area contributed by atoms with Crippen LogP contribution < -0.4 is 10.5 Å². The predicted octanol–water partition coefficient (Wildman–Crippen LogP) is 1.55. The Morgan fingerprint density at radius 3 is 2.95 bits per heavy atom. The molecular weight excluding hydrogens is 258 g/mol. The summed E-state index contributed by atoms with van der Waals surface area (Å²) in [6, 6.07) is 1.44. The van der Waals surface area contributed by atoms with Gasteiger partial charge in [-0.05, 0) is 26.2 Å². The average Bonchev–Trinajstić information content (AvgIpc) is 2.38. The molecule has 2 heterocycles. The van der Waals surface area contributed by atoms with Crippen molar-refractivity contribution in [3.05, 3.63) is 22.2 Å². The summed E-state index contributed by atoms with van der Waals surface area (Å²) in [7, 11) is 0. The lowest BCUT2D eigenvalue weighted by atomic mass is 9.76. The first-order valence-corrected chi connectivity index (χ1v) is 7.03. The number of carboxylic acids is 1. The molecule has 0 aliphatic carbocycles. The summed E-state index contributed by atoms with van der Waals surface area (Å²) >= 11 is 0. The minimum atomic E-state index is -0.745. The standard InChI is InChI=1S/C14H21N3O3/c1-3-5-14(13(19)20)6-4-7-17(9-14)11-8-12(18)16-10(2)15-11/h8H,3-7,9H2,1-2H3,(H,19,20)(H,15,16,18). The fourth-order valence-corrected chi connectivity index (χ4v) is 3.02. The molecule has 1 atom stereocenters. The summed E-state index contributed by atoms with van der Waals surface area (Å²) in [5.41, 5.74) is -0.917. The van der Waals surface area contributed by atoms with Crippen LogP contribution in [-0.4, -0.2) is 34.1 Å². The number of anilines is 1. The third kappa shape index (κ3) is 2.84. The normalized spacial score (nSPS) is 22.8. The van der Waals surface area contributed by atoms with Crippen LogP contribution >= 0.6 is 0 Å². The van der Waals surface area contributed by atoms with E-state index in [1.165, 1.54) is 6.07 Å². The summed E-state index contributed by atoms with van der Waals surface area (Å²) in [5.74, 6) is 0.382. The molecule has 6 nitrogen and oxygen atoms in total. The molecule has 1 aliphatic rings. The molecule has 0 radical (unpaired) electrons. The van der Waals surface area contributed by atoms with Crippen molar-refractivity contribution < 1.29 is 9.90 Å². The van der Waals surface area contributed by atoms with Crippen LogP contribution in [-0.2, 0) is 4.79 Å². The molecule has 1 aliphatic heterocycles. The summed E-state index contributed by atoms with van der Waals surface area (Å²) in [5, 5.41) is 9.58. The van der Waals surface area contributed by atoms with Crippen molar-refractivity contribution in [2.45, 2.75) is 39.5 Å². The van der Waals surface area contributed by atoms with E-state index in [9.17, 15) is 14.7 Å². The van der Waals surface area contributed by atoms with E-state index in [0.717, 1.165) is 19.4 Å². The number of piperidine rings is 1. The molecular formula is C14H21N3O3. The first-order valence-electron chi connectivity index (χ1n) is 7.03. The lowest BCUT2D eigenvalue weighted by Gasteiger charge is -2.40. The van der Waals surface area contributed by atoms with Gasteiger partial charge in [0.1, 0.15) is 11.6 Å². The molecule has 110 valence electrons. The molecule has 0 saturated carbocycles. The lowest BCUT2D eigenvalue weighted by molar-refractivity contribution is -0.150. The number of rotatable bonds is 4. The molecule has 6 heteroatoms. The number of nitrogens with one attached hydrogen (secondary N) is 1. The Hall–Kier alpha value is -1.85. The average molecular weight is 279 g/mol. The van der Waals surface area contributed by atoms with Crippen LogP contribution in [0.2, 0.25) is 0 Å². The van der Waals surface area contributed by atoms with Gasteiger partial charge in [0.2, 0.25) is 0 Å². The number of H-pyrrole nitrogens is 1. The van der Waals surface area contributed by atoms with E-state index in [1.807, 2.05) is 11.8 Å². The minimum absolute atomic E-state index is 0.200. The third-order valence-corrected chi connectivity index (χ3v) is 3.93. The smallest absolute Gasteiger partial charge is 0.311 e. The number of hydrogen-bond donors (Lipinski definition) is 2. The van der Waals surface area contributed by atoms with Crippen LogP contribution in [0.3, 0.4) is 0 Å². The first-order chi connectivity index (χ1) is 9.47. The van der Waals surface area contributed by atoms with Gasteiger partial charge in [0.05, 0.1) is 5.41 Å². The van der Waals surface area contributed by atoms with Crippen molar-refractivity contribution in [1.29, 1.82) is 0 Å². The first kappa shape index (κ1) is 14.6. The van der Waals surface area contributed by atoms with Gasteiger partial charge in [-0.3, -0.25) is 9.59 Å². The van der Waals surface area contributed by atoms with Crippen molar-refractivity contribution in [2.75, 3.05) is 18.0 Å². The van der Waals surface area contributed by atoms with Crippen molar-refractivity contribution in [3.8, 4) is 0 Å². The van der Waals surface area contributed by atoms with Crippen molar-refractivity contribution in [3.63, 3.8) is 0 Å². The number of carbonyl (C=O) groups is 1. The Kier molecular flexibility index (Phi) is 4.11. The maximum Gasteiger partial charge on any atom is 0.311 e. The van der Waals surface area contributed by atoms with E-state index < -0.39 is 11.4 Å². The monoisotopic (exact) mass is 279 g/mol. The molecule has 0 amide bonds. The highest BCUT2D eigenvalue weighted by molar-refractivity contribution is 5.76. The van der Waals surface area contributed by atoms with Crippen LogP contribution in [0.15, 0.2) is 10.9 Å². The highest BCUT2D eigenvalue weighted by Gasteiger charge is 2.41. The summed E-state index contributed by atoms with van der Waals surface area (Å²) in [4.78, 5) is 32.1. The molecule has 2 rings (SSSR count). The number of nitrogens with zero attached hydrogens (tertiary/aromatic N) is 2. The second-order valence-corrected chi connectivity index (χ2v) is 5.55. The Morgan fingerprint density at radius 2 is 2.35 bits per heavy atom. The minimum Gasteiger partial charge on any atom is -0.481 e. The largest absolute Gasteiger partial charge is 0.481 e. The quantitative estimate of drug-likeness (QED) is 0.873. The summed E-state index contributed by atoms with van der Waals surface area (Å²) in [6.07, 6.45) is 2.98. The molecule has 1 aromatic rings. The third-order valence-electron chi connectivity index (χ3n) is 3.93. The van der Waals surface area contributed by atoms with E-state index >= 15 is 0 Å². The van der Waals surface area contributed by atoms with Gasteiger partial charge in [-0.15, -0.1) is 0 Å². The molecule has 0 bridgehead atoms. The van der Waals surface area contributed by atoms with E-state index in [1.54, 1.807) is 6.92 Å². The second kappa shape index (κ2) is 5.64. The van der Waals surface area contributed by atoms with Gasteiger partial charge in [-0.2, -0.15) is 0 Å². The van der Waals surface area contributed by atoms with Crippen LogP contribution in [0, 0.1) is 12.3 Å². The van der Waals surface area contributed by atoms with E-state index in [4.69, 9.17) is 0 Å². The Labute approximate surface area is 117 Å². The zero-order valence-electron chi connectivity index (χ0n) is 12.0. The fraction of sp³-hybridized carbons (Fsp3) is 0.643. The Morgan fingerprint density at radius 1 is 1.60 bits per heavy atom. The zero-order valence-corrected chi connectivity index (χ0v) is 12.0. The SMILES string of the molecule is CCCC1(C(=O)O)CCCN(c2cc(=O)[nH]c(C)n2)C1. The number of carboxylic acid groups (broad SMARTS) is 1. The van der Waals surface area contributed by atoms with Gasteiger partial charge in [0.15, 0.2) is 0 Å².